The Morgan fingerprint density at radius 3 is 2.42 bits per heavy atom. The number of pyridine rings is 1. The van der Waals surface area contributed by atoms with Gasteiger partial charge in [0.2, 0.25) is 11.8 Å². The molecule has 0 bridgehead atoms. The Hall–Kier alpha value is -5.10. The van der Waals surface area contributed by atoms with Crippen LogP contribution in [0.25, 0.3) is 22.4 Å². The first kappa shape index (κ1) is 31.5. The number of benzene rings is 2. The van der Waals surface area contributed by atoms with Crippen LogP contribution in [0.5, 0.6) is 5.88 Å². The first-order chi connectivity index (χ1) is 22.9. The molecular weight excluding hydrogens is 615 g/mol. The van der Waals surface area contributed by atoms with Crippen molar-refractivity contribution in [1.29, 1.82) is 0 Å². The van der Waals surface area contributed by atoms with Gasteiger partial charge in [0.1, 0.15) is 11.4 Å². The minimum Gasteiger partial charge on any atom is -0.481 e. The quantitative estimate of drug-likeness (QED) is 0.338. The number of anilines is 1. The largest absolute Gasteiger partial charge is 0.481 e. The smallest absolute Gasteiger partial charge is 0.330 e. The van der Waals surface area contributed by atoms with Crippen molar-refractivity contribution in [3.63, 3.8) is 0 Å². The molecule has 2 amide bonds. The Morgan fingerprint density at radius 2 is 1.71 bits per heavy atom. The normalized spacial score (nSPS) is 17.9. The fourth-order valence-electron chi connectivity index (χ4n) is 7.62. The van der Waals surface area contributed by atoms with Gasteiger partial charge in [-0.2, -0.15) is 0 Å². The van der Waals surface area contributed by atoms with Crippen LogP contribution in [0, 0.1) is 18.2 Å². The number of fused-ring (bicyclic) bond motifs is 1. The number of ether oxygens (including phenoxy) is 1. The first-order valence-electron chi connectivity index (χ1n) is 16.0. The monoisotopic (exact) mass is 652 g/mol. The number of carbonyl (C=O) groups is 2. The van der Waals surface area contributed by atoms with E-state index >= 15 is 4.39 Å². The lowest BCUT2D eigenvalue weighted by atomic mass is 9.72. The molecule has 7 rings (SSSR count). The second-order valence-electron chi connectivity index (χ2n) is 13.3. The number of aryl methyl sites for hydroxylation is 2. The highest BCUT2D eigenvalue weighted by atomic mass is 19.1. The lowest BCUT2D eigenvalue weighted by Crippen LogP contribution is -2.72. The van der Waals surface area contributed by atoms with Crippen LogP contribution >= 0.6 is 0 Å². The topological polar surface area (TPSA) is 119 Å². The number of nitrogens with one attached hydrogen (secondary N) is 1. The predicted octanol–water partition coefficient (Wildman–Crippen LogP) is 3.67. The van der Waals surface area contributed by atoms with Crippen molar-refractivity contribution in [2.24, 2.45) is 19.5 Å². The number of methoxy groups -OCH3 is 1. The Morgan fingerprint density at radius 1 is 1.02 bits per heavy atom. The van der Waals surface area contributed by atoms with E-state index in [1.54, 1.807) is 57.4 Å². The molecule has 3 aliphatic rings. The first-order valence-corrected chi connectivity index (χ1v) is 16.0. The molecule has 1 unspecified atom stereocenters. The molecule has 2 aromatic heterocycles. The van der Waals surface area contributed by atoms with Crippen molar-refractivity contribution in [3.8, 4) is 28.3 Å². The molecule has 4 aromatic rings. The maximum Gasteiger partial charge on any atom is 0.330 e. The summed E-state index contributed by atoms with van der Waals surface area (Å²) in [4.78, 5) is 58.7. The number of nitrogens with zero attached hydrogens (tertiary/aromatic N) is 5. The zero-order valence-corrected chi connectivity index (χ0v) is 27.6. The molecule has 11 nitrogen and oxygen atoms in total. The van der Waals surface area contributed by atoms with Crippen LogP contribution in [-0.2, 0) is 25.3 Å². The standard InChI is InChI=1S/C36H37FN6O5/c1-20-23(8-7-11-27(20)38-32(45)26-15-40(3)35(47)41(4)34(26)46)24-9-6-10-25(31(24)37)28-14-22-12-13-29(30(22)33(39-28)48-5)43-18-36(19-43)16-42(17-36)21(2)44/h6-11,14-15,29H,12-13,16-19H2,1-5H3,(H,38,45). The summed E-state index contributed by atoms with van der Waals surface area (Å²) in [6, 6.07) is 12.5. The third-order valence-corrected chi connectivity index (χ3v) is 10.2. The van der Waals surface area contributed by atoms with Gasteiger partial charge >= 0.3 is 5.69 Å². The van der Waals surface area contributed by atoms with Crippen molar-refractivity contribution >= 4 is 17.5 Å². The molecule has 0 saturated carbocycles. The molecule has 1 atom stereocenters. The number of amides is 2. The number of hydrogen-bond donors (Lipinski definition) is 1. The molecule has 2 saturated heterocycles. The highest BCUT2D eigenvalue weighted by molar-refractivity contribution is 6.04. The maximum atomic E-state index is 16.5. The number of hydrogen-bond acceptors (Lipinski definition) is 7. The van der Waals surface area contributed by atoms with Crippen LogP contribution in [0.2, 0.25) is 0 Å². The van der Waals surface area contributed by atoms with Gasteiger partial charge in [0.25, 0.3) is 11.5 Å². The van der Waals surface area contributed by atoms with Crippen LogP contribution in [0.3, 0.4) is 0 Å². The summed E-state index contributed by atoms with van der Waals surface area (Å²) in [5.41, 5.74) is 3.64. The fourth-order valence-corrected chi connectivity index (χ4v) is 7.62. The molecule has 48 heavy (non-hydrogen) atoms. The zero-order valence-electron chi connectivity index (χ0n) is 27.6. The Kier molecular flexibility index (Phi) is 7.58. The van der Waals surface area contributed by atoms with Crippen molar-refractivity contribution in [1.82, 2.24) is 23.9 Å². The van der Waals surface area contributed by atoms with E-state index in [4.69, 9.17) is 9.72 Å². The lowest BCUT2D eigenvalue weighted by molar-refractivity contribution is -0.161. The second kappa shape index (κ2) is 11.6. The fraction of sp³-hybridized carbons (Fsp3) is 0.361. The molecule has 12 heteroatoms. The summed E-state index contributed by atoms with van der Waals surface area (Å²) in [5.74, 6) is -0.502. The molecule has 2 aromatic carbocycles. The average molecular weight is 653 g/mol. The van der Waals surface area contributed by atoms with Gasteiger partial charge in [0, 0.05) is 87.2 Å². The Bertz CT molecular complexity index is 2120. The van der Waals surface area contributed by atoms with Crippen LogP contribution < -0.4 is 21.3 Å². The van der Waals surface area contributed by atoms with Gasteiger partial charge in [-0.25, -0.2) is 14.2 Å². The van der Waals surface area contributed by atoms with E-state index in [2.05, 4.69) is 10.2 Å². The van der Waals surface area contributed by atoms with E-state index in [9.17, 15) is 19.2 Å². The third-order valence-electron chi connectivity index (χ3n) is 10.2. The molecule has 1 aliphatic carbocycles. The number of carbonyl (C=O) groups excluding carboxylic acids is 2. The number of aromatic nitrogens is 3. The summed E-state index contributed by atoms with van der Waals surface area (Å²) < 4.78 is 24.3. The van der Waals surface area contributed by atoms with Gasteiger partial charge in [0.05, 0.1) is 12.8 Å². The molecule has 1 spiro atoms. The number of likely N-dealkylation sites (tertiary alicyclic amines) is 2. The van der Waals surface area contributed by atoms with Crippen molar-refractivity contribution in [2.75, 3.05) is 38.6 Å². The van der Waals surface area contributed by atoms with Gasteiger partial charge in [-0.15, -0.1) is 0 Å². The summed E-state index contributed by atoms with van der Waals surface area (Å²) >= 11 is 0. The highest BCUT2D eigenvalue weighted by Crippen LogP contribution is 2.50. The van der Waals surface area contributed by atoms with Gasteiger partial charge in [-0.05, 0) is 54.7 Å². The van der Waals surface area contributed by atoms with Crippen LogP contribution in [-0.4, -0.2) is 69.0 Å². The van der Waals surface area contributed by atoms with E-state index in [1.165, 1.54) is 24.9 Å². The van der Waals surface area contributed by atoms with Gasteiger partial charge in [0.15, 0.2) is 0 Å². The molecule has 4 heterocycles. The maximum absolute atomic E-state index is 16.5. The Labute approximate surface area is 276 Å². The SMILES string of the molecule is COc1nc(-c2cccc(-c3cccc(NC(=O)c4cn(C)c(=O)n(C)c4=O)c3C)c2F)cc2c1C(N1CC3(CN(C(C)=O)C3)C1)CC2. The molecule has 2 aliphatic heterocycles. The lowest BCUT2D eigenvalue weighted by Gasteiger charge is -2.61. The van der Waals surface area contributed by atoms with Crippen LogP contribution in [0.4, 0.5) is 10.1 Å². The summed E-state index contributed by atoms with van der Waals surface area (Å²) in [6.45, 7) is 6.88. The van der Waals surface area contributed by atoms with Gasteiger partial charge in [-0.1, -0.05) is 24.3 Å². The molecule has 248 valence electrons. The summed E-state index contributed by atoms with van der Waals surface area (Å²) in [5, 5.41) is 2.76. The molecule has 1 N–H and O–H groups in total. The summed E-state index contributed by atoms with van der Waals surface area (Å²) in [6.07, 6.45) is 2.96. The van der Waals surface area contributed by atoms with Crippen molar-refractivity contribution < 1.29 is 18.7 Å². The highest BCUT2D eigenvalue weighted by Gasteiger charge is 2.55. The van der Waals surface area contributed by atoms with Gasteiger partial charge < -0.3 is 19.5 Å². The minimum absolute atomic E-state index is 0.126. The second-order valence-corrected chi connectivity index (χ2v) is 13.3. The van der Waals surface area contributed by atoms with E-state index in [1.807, 2.05) is 11.0 Å². The Balaban J connectivity index is 1.16. The third kappa shape index (κ3) is 5.02. The van der Waals surface area contributed by atoms with E-state index < -0.39 is 23.0 Å². The van der Waals surface area contributed by atoms with Crippen LogP contribution in [0.1, 0.15) is 46.4 Å². The van der Waals surface area contributed by atoms with Crippen molar-refractivity contribution in [3.05, 3.63) is 97.6 Å². The summed E-state index contributed by atoms with van der Waals surface area (Å²) in [7, 11) is 4.37. The number of rotatable bonds is 6. The average Bonchev–Trinajstić information content (AvgIpc) is 3.45. The van der Waals surface area contributed by atoms with Crippen LogP contribution in [0.15, 0.2) is 58.3 Å². The molecule has 0 radical (unpaired) electrons. The predicted molar refractivity (Wildman–Crippen MR) is 179 cm³/mol. The van der Waals surface area contributed by atoms with E-state index in [0.29, 0.717) is 39.5 Å². The molecule has 2 fully saturated rings. The minimum atomic E-state index is -0.708. The van der Waals surface area contributed by atoms with Gasteiger partial charge in [-0.3, -0.25) is 23.9 Å². The number of halogens is 1. The van der Waals surface area contributed by atoms with Crippen molar-refractivity contribution in [2.45, 2.75) is 32.7 Å². The zero-order chi connectivity index (χ0) is 34.1. The van der Waals surface area contributed by atoms with E-state index in [0.717, 1.165) is 54.7 Å². The molecular formula is C36H37FN6O5. The van der Waals surface area contributed by atoms with E-state index in [-0.39, 0.29) is 22.9 Å².